The number of morpholine rings is 1. The first kappa shape index (κ1) is 20.3. The van der Waals surface area contributed by atoms with E-state index >= 15 is 0 Å². The third-order valence-corrected chi connectivity index (χ3v) is 5.89. The summed E-state index contributed by atoms with van der Waals surface area (Å²) in [6, 6.07) is 3.75. The summed E-state index contributed by atoms with van der Waals surface area (Å²) >= 11 is 1.32. The molecule has 1 N–H and O–H groups in total. The molecule has 4 heterocycles. The number of carbonyl (C=O) groups excluding carboxylic acids is 2. The van der Waals surface area contributed by atoms with Gasteiger partial charge in [-0.15, -0.1) is 11.3 Å². The van der Waals surface area contributed by atoms with Gasteiger partial charge in [0.15, 0.2) is 0 Å². The molecular weight excluding hydrogens is 406 g/mol. The van der Waals surface area contributed by atoms with Crippen molar-refractivity contribution in [3.8, 4) is 0 Å². The lowest BCUT2D eigenvalue weighted by atomic mass is 10.0. The number of fused-ring (bicyclic) bond motifs is 1. The Labute approximate surface area is 177 Å². The summed E-state index contributed by atoms with van der Waals surface area (Å²) in [6.07, 6.45) is 5.72. The Balaban J connectivity index is 1.63. The minimum absolute atomic E-state index is 0.203. The normalized spacial score (nSPS) is 16.6. The predicted molar refractivity (Wildman–Crippen MR) is 110 cm³/mol. The monoisotopic (exact) mass is 427 g/mol. The first-order valence-electron chi connectivity index (χ1n) is 9.50. The first-order chi connectivity index (χ1) is 14.7. The second-order valence-corrected chi connectivity index (χ2v) is 7.65. The number of pyridine rings is 1. The molecule has 1 atom stereocenters. The van der Waals surface area contributed by atoms with Crippen LogP contribution in [0.15, 0.2) is 36.9 Å². The summed E-state index contributed by atoms with van der Waals surface area (Å²) in [6.45, 7) is 1.94. The van der Waals surface area contributed by atoms with E-state index in [0.29, 0.717) is 37.7 Å². The molecule has 0 unspecified atom stereocenters. The maximum Gasteiger partial charge on any atom is 0.274 e. The van der Waals surface area contributed by atoms with Crippen molar-refractivity contribution < 1.29 is 19.1 Å². The summed E-state index contributed by atoms with van der Waals surface area (Å²) in [4.78, 5) is 41.1. The van der Waals surface area contributed by atoms with Crippen molar-refractivity contribution in [1.82, 2.24) is 25.2 Å². The van der Waals surface area contributed by atoms with Gasteiger partial charge in [0.25, 0.3) is 11.8 Å². The smallest absolute Gasteiger partial charge is 0.274 e. The fourth-order valence-corrected chi connectivity index (χ4v) is 4.48. The molecule has 156 valence electrons. The van der Waals surface area contributed by atoms with Crippen molar-refractivity contribution in [2.75, 3.05) is 40.0 Å². The van der Waals surface area contributed by atoms with Crippen molar-refractivity contribution in [3.63, 3.8) is 0 Å². The average molecular weight is 427 g/mol. The van der Waals surface area contributed by atoms with Gasteiger partial charge in [-0.1, -0.05) is 6.07 Å². The molecule has 0 radical (unpaired) electrons. The third kappa shape index (κ3) is 4.16. The van der Waals surface area contributed by atoms with Crippen LogP contribution in [0.2, 0.25) is 0 Å². The van der Waals surface area contributed by atoms with E-state index in [9.17, 15) is 9.59 Å². The summed E-state index contributed by atoms with van der Waals surface area (Å²) in [5.74, 6) is -0.411. The Morgan fingerprint density at radius 1 is 1.33 bits per heavy atom. The van der Waals surface area contributed by atoms with E-state index in [-0.39, 0.29) is 17.5 Å². The number of nitrogens with one attached hydrogen (secondary N) is 1. The van der Waals surface area contributed by atoms with Gasteiger partial charge in [0.1, 0.15) is 21.5 Å². The summed E-state index contributed by atoms with van der Waals surface area (Å²) in [7, 11) is 1.58. The van der Waals surface area contributed by atoms with Crippen molar-refractivity contribution in [2.45, 2.75) is 6.10 Å². The van der Waals surface area contributed by atoms with Gasteiger partial charge in [-0.2, -0.15) is 0 Å². The summed E-state index contributed by atoms with van der Waals surface area (Å²) in [5, 5.41) is 3.72. The number of aromatic nitrogens is 3. The molecule has 3 aromatic rings. The second-order valence-electron chi connectivity index (χ2n) is 6.65. The van der Waals surface area contributed by atoms with E-state index in [1.54, 1.807) is 18.2 Å². The zero-order chi connectivity index (χ0) is 20.9. The number of nitrogens with zero attached hydrogens (tertiary/aromatic N) is 4. The molecule has 0 saturated carbocycles. The quantitative estimate of drug-likeness (QED) is 0.597. The number of methoxy groups -OCH3 is 1. The van der Waals surface area contributed by atoms with Crippen LogP contribution in [0.4, 0.5) is 0 Å². The van der Waals surface area contributed by atoms with E-state index in [1.165, 1.54) is 29.9 Å². The molecule has 30 heavy (non-hydrogen) atoms. The molecule has 0 bridgehead atoms. The van der Waals surface area contributed by atoms with Crippen LogP contribution < -0.4 is 5.32 Å². The Morgan fingerprint density at radius 3 is 3.03 bits per heavy atom. The third-order valence-electron chi connectivity index (χ3n) is 4.76. The van der Waals surface area contributed by atoms with Crippen molar-refractivity contribution in [1.29, 1.82) is 0 Å². The highest BCUT2D eigenvalue weighted by Crippen LogP contribution is 2.37. The number of thiophene rings is 1. The van der Waals surface area contributed by atoms with Crippen molar-refractivity contribution >= 4 is 33.4 Å². The number of amides is 2. The molecule has 1 aliphatic rings. The second kappa shape index (κ2) is 9.24. The Morgan fingerprint density at radius 2 is 2.23 bits per heavy atom. The highest BCUT2D eigenvalue weighted by atomic mass is 32.1. The first-order valence-corrected chi connectivity index (χ1v) is 10.3. The standard InChI is InChI=1S/C20H21N5O4S/c1-28-9-7-23-18(26)17-16(13-3-2-4-24-19(13)30-17)15-12-25(8-10-29-15)20(27)14-11-21-5-6-22-14/h2-6,11,15H,7-10,12H2,1H3,(H,23,26)/t15-/m0/s1. The molecule has 0 spiro atoms. The molecule has 3 aromatic heterocycles. The van der Waals surface area contributed by atoms with E-state index in [2.05, 4.69) is 20.3 Å². The van der Waals surface area contributed by atoms with E-state index < -0.39 is 6.10 Å². The van der Waals surface area contributed by atoms with Crippen molar-refractivity contribution in [3.05, 3.63) is 53.1 Å². The van der Waals surface area contributed by atoms with Gasteiger partial charge in [-0.05, 0) is 6.07 Å². The molecular formula is C20H21N5O4S. The van der Waals surface area contributed by atoms with Gasteiger partial charge in [0, 0.05) is 49.7 Å². The number of carbonyl (C=O) groups is 2. The van der Waals surface area contributed by atoms with Crippen molar-refractivity contribution in [2.24, 2.45) is 0 Å². The molecule has 10 heteroatoms. The lowest BCUT2D eigenvalue weighted by Crippen LogP contribution is -2.43. The van der Waals surface area contributed by atoms with Crippen LogP contribution in [0.3, 0.4) is 0 Å². The molecule has 0 aliphatic carbocycles. The molecule has 1 fully saturated rings. The van der Waals surface area contributed by atoms with Crippen LogP contribution >= 0.6 is 11.3 Å². The van der Waals surface area contributed by atoms with Crippen LogP contribution in [-0.2, 0) is 9.47 Å². The topological polar surface area (TPSA) is 107 Å². The number of hydrogen-bond acceptors (Lipinski definition) is 8. The average Bonchev–Trinajstić information content (AvgIpc) is 3.19. The largest absolute Gasteiger partial charge is 0.383 e. The Bertz CT molecular complexity index is 1040. The summed E-state index contributed by atoms with van der Waals surface area (Å²) in [5.41, 5.74) is 1.04. The Kier molecular flexibility index (Phi) is 6.26. The minimum Gasteiger partial charge on any atom is -0.383 e. The zero-order valence-corrected chi connectivity index (χ0v) is 17.2. The van der Waals surface area contributed by atoms with Crippen LogP contribution in [-0.4, -0.2) is 71.6 Å². The van der Waals surface area contributed by atoms with E-state index in [1.807, 2.05) is 12.1 Å². The number of hydrogen-bond donors (Lipinski definition) is 1. The molecule has 9 nitrogen and oxygen atoms in total. The predicted octanol–water partition coefficient (Wildman–Crippen LogP) is 1.68. The number of ether oxygens (including phenoxy) is 2. The molecule has 1 aliphatic heterocycles. The maximum absolute atomic E-state index is 12.9. The highest BCUT2D eigenvalue weighted by Gasteiger charge is 2.32. The van der Waals surface area contributed by atoms with Gasteiger partial charge >= 0.3 is 0 Å². The van der Waals surface area contributed by atoms with E-state index in [4.69, 9.17) is 9.47 Å². The van der Waals surface area contributed by atoms with E-state index in [0.717, 1.165) is 15.8 Å². The zero-order valence-electron chi connectivity index (χ0n) is 16.4. The fourth-order valence-electron chi connectivity index (χ4n) is 3.37. The molecule has 2 amide bonds. The Hall–Kier alpha value is -2.95. The van der Waals surface area contributed by atoms with Crippen LogP contribution in [0, 0.1) is 0 Å². The molecule has 4 rings (SSSR count). The summed E-state index contributed by atoms with van der Waals surface area (Å²) < 4.78 is 11.0. The van der Waals surface area contributed by atoms with Gasteiger partial charge in [-0.25, -0.2) is 9.97 Å². The fraction of sp³-hybridized carbons (Fsp3) is 0.350. The molecule has 0 aromatic carbocycles. The van der Waals surface area contributed by atoms with Gasteiger partial charge in [-0.3, -0.25) is 14.6 Å². The van der Waals surface area contributed by atoms with Gasteiger partial charge < -0.3 is 19.7 Å². The highest BCUT2D eigenvalue weighted by molar-refractivity contribution is 7.20. The van der Waals surface area contributed by atoms with Gasteiger partial charge in [0.2, 0.25) is 0 Å². The van der Waals surface area contributed by atoms with Crippen LogP contribution in [0.5, 0.6) is 0 Å². The minimum atomic E-state index is -0.444. The van der Waals surface area contributed by atoms with Crippen LogP contribution in [0.1, 0.15) is 31.8 Å². The maximum atomic E-state index is 12.9. The molecule has 1 saturated heterocycles. The lowest BCUT2D eigenvalue weighted by molar-refractivity contribution is -0.0224. The van der Waals surface area contributed by atoms with Gasteiger partial charge in [0.05, 0.1) is 26.0 Å². The lowest BCUT2D eigenvalue weighted by Gasteiger charge is -2.33. The number of rotatable bonds is 6. The SMILES string of the molecule is COCCNC(=O)c1sc2ncccc2c1[C@@H]1CN(C(=O)c2cnccn2)CCO1. The van der Waals surface area contributed by atoms with Crippen LogP contribution in [0.25, 0.3) is 10.2 Å².